The van der Waals surface area contributed by atoms with Crippen molar-refractivity contribution in [3.63, 3.8) is 0 Å². The van der Waals surface area contributed by atoms with E-state index in [2.05, 4.69) is 22.5 Å². The number of aryl methyl sites for hydroxylation is 3. The van der Waals surface area contributed by atoms with Gasteiger partial charge < -0.3 is 15.4 Å². The number of hydrogen-bond acceptors (Lipinski definition) is 4. The third kappa shape index (κ3) is 5.83. The fraction of sp³-hybridized carbons (Fsp3) is 0.400. The van der Waals surface area contributed by atoms with E-state index in [4.69, 9.17) is 4.74 Å². The summed E-state index contributed by atoms with van der Waals surface area (Å²) in [6.45, 7) is 8.41. The average molecular weight is 412 g/mol. The first-order chi connectivity index (χ1) is 12.0. The molecule has 0 bridgehead atoms. The molecule has 0 unspecified atom stereocenters. The zero-order valence-corrected chi connectivity index (χ0v) is 17.6. The molecule has 0 spiro atoms. The summed E-state index contributed by atoms with van der Waals surface area (Å²) >= 11 is 0. The van der Waals surface area contributed by atoms with Gasteiger partial charge in [-0.1, -0.05) is 6.07 Å². The first-order valence-electron chi connectivity index (χ1n) is 8.68. The number of amides is 1. The minimum Gasteiger partial charge on any atom is -0.484 e. The molecular weight excluding hydrogens is 385 g/mol. The second-order valence-electron chi connectivity index (χ2n) is 6.56. The molecule has 7 heteroatoms. The zero-order valence-electron chi connectivity index (χ0n) is 15.9. The van der Waals surface area contributed by atoms with Crippen molar-refractivity contribution >= 4 is 30.7 Å². The number of fused-ring (bicyclic) bond motifs is 1. The van der Waals surface area contributed by atoms with E-state index in [1.54, 1.807) is 0 Å². The number of benzene rings is 1. The van der Waals surface area contributed by atoms with Crippen LogP contribution in [0.2, 0.25) is 0 Å². The van der Waals surface area contributed by atoms with Gasteiger partial charge >= 0.3 is 0 Å². The van der Waals surface area contributed by atoms with Gasteiger partial charge in [0, 0.05) is 25.0 Å². The molecule has 3 rings (SSSR count). The van der Waals surface area contributed by atoms with E-state index in [9.17, 15) is 4.79 Å². The third-order valence-electron chi connectivity index (χ3n) is 4.78. The van der Waals surface area contributed by atoms with Gasteiger partial charge in [-0.25, -0.2) is 0 Å². The number of halogens is 2. The van der Waals surface area contributed by atoms with Gasteiger partial charge in [-0.15, -0.1) is 24.8 Å². The molecule has 0 saturated heterocycles. The van der Waals surface area contributed by atoms with Crippen LogP contribution in [-0.4, -0.2) is 24.0 Å². The quantitative estimate of drug-likeness (QED) is 0.792. The molecule has 2 aromatic rings. The largest absolute Gasteiger partial charge is 0.484 e. The van der Waals surface area contributed by atoms with Gasteiger partial charge in [0.25, 0.3) is 5.91 Å². The normalized spacial score (nSPS) is 12.3. The highest BCUT2D eigenvalue weighted by atomic mass is 35.5. The molecule has 0 saturated carbocycles. The van der Waals surface area contributed by atoms with Gasteiger partial charge in [0.2, 0.25) is 0 Å². The summed E-state index contributed by atoms with van der Waals surface area (Å²) in [5.41, 5.74) is 7.04. The van der Waals surface area contributed by atoms with Gasteiger partial charge in [-0.3, -0.25) is 9.78 Å². The van der Waals surface area contributed by atoms with Gasteiger partial charge in [0.1, 0.15) is 5.75 Å². The van der Waals surface area contributed by atoms with Crippen molar-refractivity contribution in [1.29, 1.82) is 0 Å². The summed E-state index contributed by atoms with van der Waals surface area (Å²) < 4.78 is 5.60. The zero-order chi connectivity index (χ0) is 17.8. The molecule has 2 heterocycles. The smallest absolute Gasteiger partial charge is 0.258 e. The standard InChI is InChI=1S/C20H25N3O2.2ClH/c1-13-4-5-17(8-14(13)2)25-12-20(24)23-11-19-15(3)22-10-16-9-21-7-6-18(16)19;;/h4-5,8,10,21H,6-7,9,11-12H2,1-3H3,(H,23,24);2*1H. The highest BCUT2D eigenvalue weighted by molar-refractivity contribution is 5.85. The molecule has 1 aromatic carbocycles. The van der Waals surface area contributed by atoms with Crippen LogP contribution in [0.15, 0.2) is 24.4 Å². The molecule has 0 fully saturated rings. The lowest BCUT2D eigenvalue weighted by atomic mass is 9.96. The Labute approximate surface area is 173 Å². The topological polar surface area (TPSA) is 63.2 Å². The predicted octanol–water partition coefficient (Wildman–Crippen LogP) is 3.19. The Morgan fingerprint density at radius 2 is 2.00 bits per heavy atom. The summed E-state index contributed by atoms with van der Waals surface area (Å²) in [5.74, 6) is 0.600. The number of ether oxygens (including phenoxy) is 1. The van der Waals surface area contributed by atoms with Crippen molar-refractivity contribution in [3.8, 4) is 5.75 Å². The second kappa shape index (κ2) is 10.5. The molecule has 1 aliphatic heterocycles. The van der Waals surface area contributed by atoms with Gasteiger partial charge in [-0.05, 0) is 73.7 Å². The number of nitrogens with zero attached hydrogens (tertiary/aromatic N) is 1. The summed E-state index contributed by atoms with van der Waals surface area (Å²) in [5, 5.41) is 6.31. The molecule has 1 amide bonds. The van der Waals surface area contributed by atoms with Crippen LogP contribution in [-0.2, 0) is 24.3 Å². The van der Waals surface area contributed by atoms with Gasteiger partial charge in [-0.2, -0.15) is 0 Å². The van der Waals surface area contributed by atoms with Crippen molar-refractivity contribution in [2.45, 2.75) is 40.3 Å². The van der Waals surface area contributed by atoms with Crippen LogP contribution in [0.4, 0.5) is 0 Å². The lowest BCUT2D eigenvalue weighted by molar-refractivity contribution is -0.123. The maximum absolute atomic E-state index is 12.2. The number of aromatic nitrogens is 1. The maximum Gasteiger partial charge on any atom is 0.258 e. The van der Waals surface area contributed by atoms with Crippen molar-refractivity contribution < 1.29 is 9.53 Å². The predicted molar refractivity (Wildman–Crippen MR) is 112 cm³/mol. The number of rotatable bonds is 5. The maximum atomic E-state index is 12.2. The lowest BCUT2D eigenvalue weighted by Gasteiger charge is -2.21. The Morgan fingerprint density at radius 3 is 2.74 bits per heavy atom. The molecule has 1 aromatic heterocycles. The van der Waals surface area contributed by atoms with Crippen LogP contribution in [0.25, 0.3) is 0 Å². The van der Waals surface area contributed by atoms with Crippen LogP contribution >= 0.6 is 24.8 Å². The summed E-state index contributed by atoms with van der Waals surface area (Å²) in [6, 6.07) is 5.85. The average Bonchev–Trinajstić information content (AvgIpc) is 2.62. The molecule has 1 aliphatic rings. The van der Waals surface area contributed by atoms with E-state index in [0.717, 1.165) is 42.1 Å². The van der Waals surface area contributed by atoms with E-state index in [1.807, 2.05) is 38.2 Å². The fourth-order valence-electron chi connectivity index (χ4n) is 3.07. The Balaban J connectivity index is 0.00000182. The first-order valence-corrected chi connectivity index (χ1v) is 8.68. The number of nitrogens with one attached hydrogen (secondary N) is 2. The minimum atomic E-state index is -0.121. The lowest BCUT2D eigenvalue weighted by Crippen LogP contribution is -2.31. The van der Waals surface area contributed by atoms with Crippen molar-refractivity contribution in [2.24, 2.45) is 0 Å². The first kappa shape index (κ1) is 23.2. The highest BCUT2D eigenvalue weighted by Gasteiger charge is 2.16. The number of carbonyl (C=O) groups excluding carboxylic acids is 1. The molecular formula is C20H27Cl2N3O2. The van der Waals surface area contributed by atoms with Gasteiger partial charge in [0.15, 0.2) is 6.61 Å². The molecule has 0 atom stereocenters. The summed E-state index contributed by atoms with van der Waals surface area (Å²) in [7, 11) is 0. The number of carbonyl (C=O) groups is 1. The molecule has 0 aliphatic carbocycles. The highest BCUT2D eigenvalue weighted by Crippen LogP contribution is 2.20. The Morgan fingerprint density at radius 1 is 1.22 bits per heavy atom. The van der Waals surface area contributed by atoms with Gasteiger partial charge in [0.05, 0.1) is 0 Å². The number of pyridine rings is 1. The van der Waals surface area contributed by atoms with Crippen molar-refractivity contribution in [3.05, 3.63) is 57.9 Å². The fourth-order valence-corrected chi connectivity index (χ4v) is 3.07. The van der Waals surface area contributed by atoms with Crippen LogP contribution in [0.3, 0.4) is 0 Å². The third-order valence-corrected chi connectivity index (χ3v) is 4.78. The SMILES string of the molecule is Cc1ccc(OCC(=O)NCc2c(C)ncc3c2CCNC3)cc1C.Cl.Cl. The van der Waals surface area contributed by atoms with Crippen LogP contribution in [0.1, 0.15) is 33.5 Å². The summed E-state index contributed by atoms with van der Waals surface area (Å²) in [6.07, 6.45) is 2.91. The monoisotopic (exact) mass is 411 g/mol. The Kier molecular flexibility index (Phi) is 9.03. The number of hydrogen-bond donors (Lipinski definition) is 2. The van der Waals surface area contributed by atoms with E-state index >= 15 is 0 Å². The van der Waals surface area contributed by atoms with E-state index < -0.39 is 0 Å². The molecule has 2 N–H and O–H groups in total. The van der Waals surface area contributed by atoms with Crippen LogP contribution in [0.5, 0.6) is 5.75 Å². The summed E-state index contributed by atoms with van der Waals surface area (Å²) in [4.78, 5) is 16.6. The molecule has 5 nitrogen and oxygen atoms in total. The second-order valence-corrected chi connectivity index (χ2v) is 6.56. The van der Waals surface area contributed by atoms with Crippen LogP contribution < -0.4 is 15.4 Å². The molecule has 27 heavy (non-hydrogen) atoms. The van der Waals surface area contributed by atoms with Crippen molar-refractivity contribution in [1.82, 2.24) is 15.6 Å². The van der Waals surface area contributed by atoms with Crippen LogP contribution in [0, 0.1) is 20.8 Å². The van der Waals surface area contributed by atoms with E-state index in [-0.39, 0.29) is 37.3 Å². The van der Waals surface area contributed by atoms with E-state index in [1.165, 1.54) is 16.7 Å². The van der Waals surface area contributed by atoms with E-state index in [0.29, 0.717) is 6.54 Å². The minimum absolute atomic E-state index is 0. The Hall–Kier alpha value is -1.82. The Bertz CT molecular complexity index is 797. The molecule has 148 valence electrons. The molecule has 0 radical (unpaired) electrons. The van der Waals surface area contributed by atoms with Crippen molar-refractivity contribution in [2.75, 3.05) is 13.2 Å².